The fourth-order valence-corrected chi connectivity index (χ4v) is 3.19. The van der Waals surface area contributed by atoms with Crippen LogP contribution in [0, 0.1) is 0 Å². The van der Waals surface area contributed by atoms with Crippen LogP contribution in [0.25, 0.3) is 0 Å². The summed E-state index contributed by atoms with van der Waals surface area (Å²) in [6.07, 6.45) is 5.47. The van der Waals surface area contributed by atoms with Crippen LogP contribution in [0.15, 0.2) is 28.7 Å². The molecule has 1 aromatic carbocycles. The van der Waals surface area contributed by atoms with E-state index < -0.39 is 0 Å². The van der Waals surface area contributed by atoms with E-state index in [9.17, 15) is 4.79 Å². The molecule has 0 aliphatic carbocycles. The minimum atomic E-state index is -0.102. The maximum Gasteiger partial charge on any atom is 0.307 e. The Morgan fingerprint density at radius 3 is 2.38 bits per heavy atom. The lowest BCUT2D eigenvalue weighted by Crippen LogP contribution is -2.31. The van der Waals surface area contributed by atoms with Crippen molar-refractivity contribution in [3.05, 3.63) is 34.3 Å². The number of likely N-dealkylation sites (tertiary alicyclic amines) is 1. The van der Waals surface area contributed by atoms with Crippen molar-refractivity contribution >= 4 is 21.9 Å². The van der Waals surface area contributed by atoms with E-state index in [0.717, 1.165) is 17.6 Å². The number of esters is 1. The van der Waals surface area contributed by atoms with Gasteiger partial charge in [0.2, 0.25) is 0 Å². The molecule has 0 aromatic heterocycles. The Morgan fingerprint density at radius 2 is 1.81 bits per heavy atom. The van der Waals surface area contributed by atoms with Gasteiger partial charge < -0.3 is 4.74 Å². The summed E-state index contributed by atoms with van der Waals surface area (Å²) in [6.45, 7) is 4.45. The molecule has 0 radical (unpaired) electrons. The molecular formula is C17H24BrNO2. The number of carbonyl (C=O) groups excluding carboxylic acids is 1. The van der Waals surface area contributed by atoms with Gasteiger partial charge in [-0.1, -0.05) is 40.9 Å². The zero-order valence-electron chi connectivity index (χ0n) is 12.7. The molecule has 1 atom stereocenters. The number of benzene rings is 1. The normalized spacial score (nSPS) is 18.0. The van der Waals surface area contributed by atoms with Gasteiger partial charge in [-0.25, -0.2) is 0 Å². The van der Waals surface area contributed by atoms with Crippen LogP contribution in [0.1, 0.15) is 50.6 Å². The largest absolute Gasteiger partial charge is 0.466 e. The van der Waals surface area contributed by atoms with Crippen LogP contribution in [-0.4, -0.2) is 30.6 Å². The lowest BCUT2D eigenvalue weighted by Gasteiger charge is -2.30. The summed E-state index contributed by atoms with van der Waals surface area (Å²) in [6, 6.07) is 8.45. The SMILES string of the molecule is CCOC(=O)CC(c1ccc(Br)cc1)N1CCCCCC1. The van der Waals surface area contributed by atoms with Gasteiger partial charge in [-0.2, -0.15) is 0 Å². The summed E-state index contributed by atoms with van der Waals surface area (Å²) in [7, 11) is 0. The molecule has 1 heterocycles. The molecule has 21 heavy (non-hydrogen) atoms. The first-order chi connectivity index (χ1) is 10.2. The summed E-state index contributed by atoms with van der Waals surface area (Å²) in [5.74, 6) is -0.102. The maximum atomic E-state index is 12.0. The summed E-state index contributed by atoms with van der Waals surface area (Å²) in [5.41, 5.74) is 1.20. The third-order valence-corrected chi connectivity index (χ3v) is 4.53. The molecule has 0 N–H and O–H groups in total. The molecular weight excluding hydrogens is 330 g/mol. The molecule has 0 spiro atoms. The van der Waals surface area contributed by atoms with Crippen LogP contribution < -0.4 is 0 Å². The Labute approximate surface area is 135 Å². The third kappa shape index (κ3) is 5.11. The van der Waals surface area contributed by atoms with Gasteiger partial charge in [0.15, 0.2) is 0 Å². The number of nitrogens with zero attached hydrogens (tertiary/aromatic N) is 1. The first-order valence-electron chi connectivity index (χ1n) is 7.86. The maximum absolute atomic E-state index is 12.0. The number of ether oxygens (including phenoxy) is 1. The van der Waals surface area contributed by atoms with Crippen LogP contribution >= 0.6 is 15.9 Å². The molecule has 1 fully saturated rings. The highest BCUT2D eigenvalue weighted by molar-refractivity contribution is 9.10. The van der Waals surface area contributed by atoms with E-state index in [4.69, 9.17) is 4.74 Å². The highest BCUT2D eigenvalue weighted by atomic mass is 79.9. The molecule has 116 valence electrons. The molecule has 0 bridgehead atoms. The molecule has 3 nitrogen and oxygen atoms in total. The van der Waals surface area contributed by atoms with Crippen LogP contribution in [0.5, 0.6) is 0 Å². The van der Waals surface area contributed by atoms with E-state index in [-0.39, 0.29) is 12.0 Å². The van der Waals surface area contributed by atoms with Gasteiger partial charge in [0, 0.05) is 10.5 Å². The monoisotopic (exact) mass is 353 g/mol. The second-order valence-corrected chi connectivity index (χ2v) is 6.44. The van der Waals surface area contributed by atoms with E-state index in [1.807, 2.05) is 19.1 Å². The van der Waals surface area contributed by atoms with Crippen molar-refractivity contribution in [1.82, 2.24) is 4.90 Å². The predicted octanol–water partition coefficient (Wildman–Crippen LogP) is 4.32. The van der Waals surface area contributed by atoms with E-state index in [1.165, 1.54) is 31.2 Å². The number of rotatable bonds is 5. The average molecular weight is 354 g/mol. The van der Waals surface area contributed by atoms with Gasteiger partial charge in [-0.05, 0) is 50.6 Å². The molecule has 4 heteroatoms. The molecule has 0 saturated carbocycles. The molecule has 1 unspecified atom stereocenters. The van der Waals surface area contributed by atoms with Gasteiger partial charge in [0.25, 0.3) is 0 Å². The number of hydrogen-bond donors (Lipinski definition) is 0. The zero-order valence-corrected chi connectivity index (χ0v) is 14.3. The number of halogens is 1. The molecule has 2 rings (SSSR count). The van der Waals surface area contributed by atoms with Crippen LogP contribution in [-0.2, 0) is 9.53 Å². The average Bonchev–Trinajstić information content (AvgIpc) is 2.75. The minimum absolute atomic E-state index is 0.102. The first-order valence-corrected chi connectivity index (χ1v) is 8.65. The number of carbonyl (C=O) groups is 1. The van der Waals surface area contributed by atoms with Crippen LogP contribution in [0.3, 0.4) is 0 Å². The zero-order chi connectivity index (χ0) is 15.1. The van der Waals surface area contributed by atoms with Crippen molar-refractivity contribution in [3.8, 4) is 0 Å². The molecule has 1 aliphatic heterocycles. The summed E-state index contributed by atoms with van der Waals surface area (Å²) < 4.78 is 6.23. The van der Waals surface area contributed by atoms with Gasteiger partial charge in [-0.3, -0.25) is 9.69 Å². The van der Waals surface area contributed by atoms with E-state index >= 15 is 0 Å². The first kappa shape index (κ1) is 16.5. The second-order valence-electron chi connectivity index (χ2n) is 5.53. The molecule has 1 saturated heterocycles. The standard InChI is InChI=1S/C17H24BrNO2/c1-2-21-17(20)13-16(14-7-9-15(18)10-8-14)19-11-5-3-4-6-12-19/h7-10,16H,2-6,11-13H2,1H3. The number of hydrogen-bond acceptors (Lipinski definition) is 3. The summed E-state index contributed by atoms with van der Waals surface area (Å²) >= 11 is 3.47. The molecule has 1 aromatic rings. The summed E-state index contributed by atoms with van der Waals surface area (Å²) in [5, 5.41) is 0. The van der Waals surface area contributed by atoms with Crippen molar-refractivity contribution in [2.45, 2.75) is 45.1 Å². The Balaban J connectivity index is 2.15. The van der Waals surface area contributed by atoms with Crippen molar-refractivity contribution < 1.29 is 9.53 Å². The molecule has 1 aliphatic rings. The lowest BCUT2D eigenvalue weighted by molar-refractivity contribution is -0.144. The Kier molecular flexibility index (Phi) is 6.71. The molecule has 0 amide bonds. The topological polar surface area (TPSA) is 29.5 Å². The van der Waals surface area contributed by atoms with Crippen molar-refractivity contribution in [1.29, 1.82) is 0 Å². The van der Waals surface area contributed by atoms with E-state index in [0.29, 0.717) is 13.0 Å². The minimum Gasteiger partial charge on any atom is -0.466 e. The third-order valence-electron chi connectivity index (χ3n) is 4.00. The summed E-state index contributed by atoms with van der Waals surface area (Å²) in [4.78, 5) is 14.4. The van der Waals surface area contributed by atoms with E-state index in [2.05, 4.69) is 33.0 Å². The fraction of sp³-hybridized carbons (Fsp3) is 0.588. The lowest BCUT2D eigenvalue weighted by atomic mass is 10.0. The van der Waals surface area contributed by atoms with Gasteiger partial charge in [-0.15, -0.1) is 0 Å². The highest BCUT2D eigenvalue weighted by Crippen LogP contribution is 2.28. The smallest absolute Gasteiger partial charge is 0.307 e. The van der Waals surface area contributed by atoms with Crippen LogP contribution in [0.2, 0.25) is 0 Å². The van der Waals surface area contributed by atoms with Crippen molar-refractivity contribution in [3.63, 3.8) is 0 Å². The highest BCUT2D eigenvalue weighted by Gasteiger charge is 2.24. The second kappa shape index (κ2) is 8.54. The van der Waals surface area contributed by atoms with Crippen molar-refractivity contribution in [2.75, 3.05) is 19.7 Å². The van der Waals surface area contributed by atoms with Gasteiger partial charge in [0.1, 0.15) is 0 Å². The Morgan fingerprint density at radius 1 is 1.19 bits per heavy atom. The van der Waals surface area contributed by atoms with Crippen LogP contribution in [0.4, 0.5) is 0 Å². The van der Waals surface area contributed by atoms with E-state index in [1.54, 1.807) is 0 Å². The fourth-order valence-electron chi connectivity index (χ4n) is 2.93. The predicted molar refractivity (Wildman–Crippen MR) is 88.2 cm³/mol. The van der Waals surface area contributed by atoms with Gasteiger partial charge in [0.05, 0.1) is 13.0 Å². The van der Waals surface area contributed by atoms with Gasteiger partial charge >= 0.3 is 5.97 Å². The Hall–Kier alpha value is -0.870. The Bertz CT molecular complexity index is 439. The quantitative estimate of drug-likeness (QED) is 0.738. The van der Waals surface area contributed by atoms with Crippen molar-refractivity contribution in [2.24, 2.45) is 0 Å².